The number of fused-ring (bicyclic) bond motifs is 3. The first kappa shape index (κ1) is 15.1. The van der Waals surface area contributed by atoms with Gasteiger partial charge in [0.1, 0.15) is 0 Å². The van der Waals surface area contributed by atoms with Crippen molar-refractivity contribution in [2.24, 2.45) is 10.8 Å². The van der Waals surface area contributed by atoms with Gasteiger partial charge in [-0.3, -0.25) is 4.79 Å². The molecule has 1 saturated heterocycles. The van der Waals surface area contributed by atoms with Crippen LogP contribution in [0.4, 0.5) is 0 Å². The van der Waals surface area contributed by atoms with Crippen LogP contribution < -0.4 is 0 Å². The third-order valence-corrected chi connectivity index (χ3v) is 5.59. The molecule has 122 valence electrons. The van der Waals surface area contributed by atoms with Gasteiger partial charge in [0, 0.05) is 31.0 Å². The Labute approximate surface area is 144 Å². The molecule has 1 aliphatic carbocycles. The second-order valence-corrected chi connectivity index (χ2v) is 9.17. The molecule has 1 aliphatic heterocycles. The van der Waals surface area contributed by atoms with Crippen LogP contribution in [-0.4, -0.2) is 38.0 Å². The van der Waals surface area contributed by atoms with Crippen molar-refractivity contribution in [1.82, 2.24) is 19.5 Å². The van der Waals surface area contributed by atoms with Crippen molar-refractivity contribution >= 4 is 27.5 Å². The zero-order valence-corrected chi connectivity index (χ0v) is 15.3. The molecule has 1 amide bonds. The van der Waals surface area contributed by atoms with Gasteiger partial charge in [0.2, 0.25) is 0 Å². The zero-order chi connectivity index (χ0) is 16.4. The number of hydrogen-bond acceptors (Lipinski definition) is 3. The van der Waals surface area contributed by atoms with Crippen LogP contribution in [0.1, 0.15) is 50.5 Å². The van der Waals surface area contributed by atoms with Crippen molar-refractivity contribution in [3.05, 3.63) is 28.6 Å². The number of carbonyl (C=O) groups is 1. The van der Waals surface area contributed by atoms with E-state index in [9.17, 15) is 4.79 Å². The summed E-state index contributed by atoms with van der Waals surface area (Å²) >= 11 is 3.38. The first-order chi connectivity index (χ1) is 10.7. The second kappa shape index (κ2) is 4.79. The summed E-state index contributed by atoms with van der Waals surface area (Å²) in [5.74, 6) is 0.0399. The first-order valence-electron chi connectivity index (χ1n) is 8.07. The van der Waals surface area contributed by atoms with Gasteiger partial charge in [0.05, 0.1) is 4.47 Å². The molecule has 2 atom stereocenters. The van der Waals surface area contributed by atoms with E-state index in [0.29, 0.717) is 22.8 Å². The maximum Gasteiger partial charge on any atom is 0.274 e. The minimum absolute atomic E-state index is 0.0399. The monoisotopic (exact) mass is 376 g/mol. The molecule has 0 radical (unpaired) electrons. The Hall–Kier alpha value is -1.43. The molecule has 6 heteroatoms. The van der Waals surface area contributed by atoms with Crippen molar-refractivity contribution in [1.29, 1.82) is 0 Å². The van der Waals surface area contributed by atoms with Gasteiger partial charge in [-0.25, -0.2) is 9.50 Å². The van der Waals surface area contributed by atoms with Gasteiger partial charge in [-0.05, 0) is 46.0 Å². The molecule has 3 heterocycles. The summed E-state index contributed by atoms with van der Waals surface area (Å²) in [5, 5.41) is 4.42. The Bertz CT molecular complexity index is 799. The predicted molar refractivity (Wildman–Crippen MR) is 91.3 cm³/mol. The molecule has 4 rings (SSSR count). The van der Waals surface area contributed by atoms with Gasteiger partial charge in [0.25, 0.3) is 5.91 Å². The van der Waals surface area contributed by atoms with Crippen LogP contribution in [0.3, 0.4) is 0 Å². The van der Waals surface area contributed by atoms with Crippen LogP contribution in [0, 0.1) is 10.8 Å². The van der Waals surface area contributed by atoms with E-state index in [1.807, 2.05) is 11.1 Å². The number of nitrogens with zero attached hydrogens (tertiary/aromatic N) is 4. The van der Waals surface area contributed by atoms with Gasteiger partial charge in [-0.15, -0.1) is 0 Å². The van der Waals surface area contributed by atoms with Crippen molar-refractivity contribution < 1.29 is 4.79 Å². The summed E-state index contributed by atoms with van der Waals surface area (Å²) in [5.41, 5.74) is 1.73. The van der Waals surface area contributed by atoms with Gasteiger partial charge in [-0.1, -0.05) is 20.8 Å². The molecule has 2 aromatic rings. The number of aromatic nitrogens is 3. The quantitative estimate of drug-likeness (QED) is 0.764. The van der Waals surface area contributed by atoms with Gasteiger partial charge < -0.3 is 4.90 Å². The van der Waals surface area contributed by atoms with Crippen LogP contribution in [0.15, 0.2) is 22.9 Å². The SMILES string of the molecule is CC1(C)C[C@@H]2C[C@](C)(CN2C(=O)c2cc3ncc(Br)cn3n2)C1. The molecule has 2 aliphatic rings. The van der Waals surface area contributed by atoms with E-state index in [1.54, 1.807) is 16.8 Å². The molecule has 0 aromatic carbocycles. The first-order valence-corrected chi connectivity index (χ1v) is 8.86. The molecule has 5 nitrogen and oxygen atoms in total. The molecule has 23 heavy (non-hydrogen) atoms. The maximum atomic E-state index is 13.0. The summed E-state index contributed by atoms with van der Waals surface area (Å²) in [6, 6.07) is 2.12. The average Bonchev–Trinajstić information content (AvgIpc) is 2.94. The lowest BCUT2D eigenvalue weighted by molar-refractivity contribution is 0.0702. The Balaban J connectivity index is 1.66. The lowest BCUT2D eigenvalue weighted by atomic mass is 9.65. The highest BCUT2D eigenvalue weighted by molar-refractivity contribution is 9.10. The van der Waals surface area contributed by atoms with Crippen LogP contribution in [0.25, 0.3) is 5.65 Å². The number of carbonyl (C=O) groups excluding carboxylic acids is 1. The summed E-state index contributed by atoms with van der Waals surface area (Å²) in [7, 11) is 0. The molecule has 1 saturated carbocycles. The van der Waals surface area contributed by atoms with Gasteiger partial charge in [-0.2, -0.15) is 5.10 Å². The third kappa shape index (κ3) is 2.57. The normalized spacial score (nSPS) is 29.2. The van der Waals surface area contributed by atoms with Gasteiger partial charge in [0.15, 0.2) is 11.3 Å². The zero-order valence-electron chi connectivity index (χ0n) is 13.7. The summed E-state index contributed by atoms with van der Waals surface area (Å²) in [4.78, 5) is 19.4. The lowest BCUT2D eigenvalue weighted by Crippen LogP contribution is -2.37. The largest absolute Gasteiger partial charge is 0.334 e. The van der Waals surface area contributed by atoms with Crippen molar-refractivity contribution in [3.8, 4) is 0 Å². The molecule has 2 bridgehead atoms. The summed E-state index contributed by atoms with van der Waals surface area (Å²) in [6.45, 7) is 7.79. The Morgan fingerprint density at radius 2 is 2.13 bits per heavy atom. The average molecular weight is 377 g/mol. The van der Waals surface area contributed by atoms with E-state index >= 15 is 0 Å². The number of halogens is 1. The minimum Gasteiger partial charge on any atom is -0.334 e. The van der Waals surface area contributed by atoms with Crippen LogP contribution >= 0.6 is 15.9 Å². The highest BCUT2D eigenvalue weighted by Gasteiger charge is 2.51. The molecular weight excluding hydrogens is 356 g/mol. The fourth-order valence-corrected chi connectivity index (χ4v) is 5.10. The fraction of sp³-hybridized carbons (Fsp3) is 0.588. The molecule has 0 unspecified atom stereocenters. The highest BCUT2D eigenvalue weighted by atomic mass is 79.9. The molecule has 2 aromatic heterocycles. The summed E-state index contributed by atoms with van der Waals surface area (Å²) in [6.07, 6.45) is 6.91. The molecule has 2 fully saturated rings. The number of likely N-dealkylation sites (tertiary alicyclic amines) is 1. The van der Waals surface area contributed by atoms with Gasteiger partial charge >= 0.3 is 0 Å². The van der Waals surface area contributed by atoms with E-state index in [-0.39, 0.29) is 11.3 Å². The molecule has 0 spiro atoms. The van der Waals surface area contributed by atoms with E-state index < -0.39 is 0 Å². The standard InChI is InChI=1S/C17H21BrN4O/c1-16(2)5-12-6-17(3,9-16)10-21(12)15(23)13-4-14-19-7-11(18)8-22(14)20-13/h4,7-8,12H,5-6,9-10H2,1-3H3/t12-,17+/m1/s1. The minimum atomic E-state index is 0.0399. The van der Waals surface area contributed by atoms with Crippen molar-refractivity contribution in [2.75, 3.05) is 6.54 Å². The Morgan fingerprint density at radius 1 is 1.35 bits per heavy atom. The van der Waals surface area contributed by atoms with Crippen LogP contribution in [-0.2, 0) is 0 Å². The highest BCUT2D eigenvalue weighted by Crippen LogP contribution is 2.52. The molecular formula is C17H21BrN4O. The number of amides is 1. The fourth-order valence-electron chi connectivity index (χ4n) is 4.80. The lowest BCUT2D eigenvalue weighted by Gasteiger charge is -2.39. The summed E-state index contributed by atoms with van der Waals surface area (Å²) < 4.78 is 2.50. The van der Waals surface area contributed by atoms with Crippen molar-refractivity contribution in [2.45, 2.75) is 46.1 Å². The van der Waals surface area contributed by atoms with Crippen molar-refractivity contribution in [3.63, 3.8) is 0 Å². The van der Waals surface area contributed by atoms with E-state index in [0.717, 1.165) is 23.9 Å². The topological polar surface area (TPSA) is 50.5 Å². The van der Waals surface area contributed by atoms with E-state index in [4.69, 9.17) is 0 Å². The van der Waals surface area contributed by atoms with E-state index in [2.05, 4.69) is 46.8 Å². The van der Waals surface area contributed by atoms with Crippen LogP contribution in [0.5, 0.6) is 0 Å². The van der Waals surface area contributed by atoms with Crippen LogP contribution in [0.2, 0.25) is 0 Å². The molecule has 0 N–H and O–H groups in total. The maximum absolute atomic E-state index is 13.0. The Morgan fingerprint density at radius 3 is 2.91 bits per heavy atom. The van der Waals surface area contributed by atoms with E-state index in [1.165, 1.54) is 6.42 Å². The smallest absolute Gasteiger partial charge is 0.274 e. The third-order valence-electron chi connectivity index (χ3n) is 5.18. The Kier molecular flexibility index (Phi) is 3.15. The second-order valence-electron chi connectivity index (χ2n) is 8.25. The predicted octanol–water partition coefficient (Wildman–Crippen LogP) is 3.53. The number of rotatable bonds is 1. The number of hydrogen-bond donors (Lipinski definition) is 0.